The van der Waals surface area contributed by atoms with Gasteiger partial charge in [0, 0.05) is 17.3 Å². The van der Waals surface area contributed by atoms with Crippen LogP contribution in [0.25, 0.3) is 11.3 Å². The third-order valence-corrected chi connectivity index (χ3v) is 6.71. The molecule has 1 heterocycles. The van der Waals surface area contributed by atoms with Crippen LogP contribution in [0.5, 0.6) is 0 Å². The fraction of sp³-hybridized carbons (Fsp3) is 0.200. The number of rotatable bonds is 4. The largest absolute Gasteiger partial charge is 0.313 e. The molecule has 2 aromatic carbocycles. The van der Waals surface area contributed by atoms with Gasteiger partial charge in [-0.2, -0.15) is 0 Å². The zero-order valence-corrected chi connectivity index (χ0v) is 16.7. The van der Waals surface area contributed by atoms with E-state index in [-0.39, 0.29) is 34.6 Å². The molecular weight excluding hydrogens is 406 g/mol. The molecule has 4 rings (SSSR count). The zero-order chi connectivity index (χ0) is 19.2. The minimum absolute atomic E-state index is 0. The first-order valence-corrected chi connectivity index (χ1v) is 10.1. The van der Waals surface area contributed by atoms with Gasteiger partial charge in [0.05, 0.1) is 10.6 Å². The summed E-state index contributed by atoms with van der Waals surface area (Å²) in [7, 11) is -2.28. The quantitative estimate of drug-likeness (QED) is 0.679. The van der Waals surface area contributed by atoms with E-state index in [2.05, 4.69) is 5.32 Å². The Hall–Kier alpha value is -2.22. The van der Waals surface area contributed by atoms with Crippen LogP contribution in [0.4, 0.5) is 8.78 Å². The van der Waals surface area contributed by atoms with Gasteiger partial charge in [-0.25, -0.2) is 21.2 Å². The third kappa shape index (κ3) is 3.23. The van der Waals surface area contributed by atoms with Gasteiger partial charge in [0.15, 0.2) is 0 Å². The Labute approximate surface area is 168 Å². The topological polar surface area (TPSA) is 51.1 Å². The maximum Gasteiger partial charge on any atom is 0.268 e. The van der Waals surface area contributed by atoms with E-state index in [9.17, 15) is 17.2 Å². The van der Waals surface area contributed by atoms with Gasteiger partial charge in [0.2, 0.25) is 0 Å². The monoisotopic (exact) mass is 424 g/mol. The number of benzene rings is 2. The second kappa shape index (κ2) is 7.66. The van der Waals surface area contributed by atoms with Crippen molar-refractivity contribution in [2.75, 3.05) is 7.05 Å². The van der Waals surface area contributed by atoms with Gasteiger partial charge in [-0.3, -0.25) is 0 Å². The average molecular weight is 425 g/mol. The molecule has 1 aliphatic carbocycles. The molecule has 148 valence electrons. The Morgan fingerprint density at radius 3 is 2.50 bits per heavy atom. The third-order valence-electron chi connectivity index (χ3n) is 4.97. The summed E-state index contributed by atoms with van der Waals surface area (Å²) < 4.78 is 56.0. The minimum atomic E-state index is -4.09. The lowest BCUT2D eigenvalue weighted by atomic mass is 10.1. The number of halogens is 3. The molecule has 0 spiro atoms. The Bertz CT molecular complexity index is 1130. The molecule has 0 aliphatic heterocycles. The van der Waals surface area contributed by atoms with Gasteiger partial charge in [-0.15, -0.1) is 12.4 Å². The highest BCUT2D eigenvalue weighted by atomic mass is 35.5. The molecule has 0 bridgehead atoms. The number of fused-ring (bicyclic) bond motifs is 1. The van der Waals surface area contributed by atoms with Crippen LogP contribution >= 0.6 is 12.4 Å². The zero-order valence-electron chi connectivity index (χ0n) is 15.0. The van der Waals surface area contributed by atoms with Crippen molar-refractivity contribution >= 4 is 22.4 Å². The van der Waals surface area contributed by atoms with E-state index in [1.165, 1.54) is 28.2 Å². The molecule has 0 fully saturated rings. The van der Waals surface area contributed by atoms with Crippen molar-refractivity contribution in [3.8, 4) is 11.3 Å². The summed E-state index contributed by atoms with van der Waals surface area (Å²) in [4.78, 5) is -0.161. The summed E-state index contributed by atoms with van der Waals surface area (Å²) in [5.74, 6) is -1.15. The van der Waals surface area contributed by atoms with Crippen LogP contribution in [0.1, 0.15) is 23.7 Å². The number of hydrogen-bond acceptors (Lipinski definition) is 3. The molecule has 28 heavy (non-hydrogen) atoms. The average Bonchev–Trinajstić information content (AvgIpc) is 3.20. The van der Waals surface area contributed by atoms with E-state index < -0.39 is 21.7 Å². The van der Waals surface area contributed by atoms with E-state index in [0.717, 1.165) is 18.1 Å². The summed E-state index contributed by atoms with van der Waals surface area (Å²) in [6, 6.07) is 12.6. The van der Waals surface area contributed by atoms with Gasteiger partial charge < -0.3 is 5.32 Å². The molecule has 0 saturated heterocycles. The SMILES string of the molecule is CN[C@H]1CCc2c1cc(-c1ccccc1F)n2S(=O)(=O)c1cccc(F)c1.Cl. The summed E-state index contributed by atoms with van der Waals surface area (Å²) in [6.07, 6.45) is 1.28. The number of hydrogen-bond donors (Lipinski definition) is 1. The molecule has 0 unspecified atom stereocenters. The Kier molecular flexibility index (Phi) is 5.61. The second-order valence-electron chi connectivity index (χ2n) is 6.52. The van der Waals surface area contributed by atoms with Crippen molar-refractivity contribution in [1.29, 1.82) is 0 Å². The van der Waals surface area contributed by atoms with E-state index in [4.69, 9.17) is 0 Å². The van der Waals surface area contributed by atoms with Gasteiger partial charge in [0.1, 0.15) is 11.6 Å². The van der Waals surface area contributed by atoms with Crippen molar-refractivity contribution < 1.29 is 17.2 Å². The van der Waals surface area contributed by atoms with Gasteiger partial charge in [-0.05, 0) is 61.9 Å². The first-order valence-electron chi connectivity index (χ1n) is 8.61. The molecule has 8 heteroatoms. The van der Waals surface area contributed by atoms with E-state index in [0.29, 0.717) is 12.1 Å². The second-order valence-corrected chi connectivity index (χ2v) is 8.30. The van der Waals surface area contributed by atoms with Crippen molar-refractivity contribution in [3.05, 3.63) is 77.5 Å². The fourth-order valence-electron chi connectivity index (χ4n) is 3.70. The molecular formula is C20H19ClF2N2O2S. The van der Waals surface area contributed by atoms with Crippen LogP contribution in [0.2, 0.25) is 0 Å². The first kappa shape index (κ1) is 20.5. The Balaban J connectivity index is 0.00000225. The first-order chi connectivity index (χ1) is 12.9. The Morgan fingerprint density at radius 1 is 1.07 bits per heavy atom. The maximum absolute atomic E-state index is 14.5. The van der Waals surface area contributed by atoms with Crippen molar-refractivity contribution in [2.24, 2.45) is 0 Å². The summed E-state index contributed by atoms with van der Waals surface area (Å²) in [5.41, 5.74) is 1.89. The molecule has 0 amide bonds. The standard InChI is InChI=1S/C20H18F2N2O2S.ClH/c1-23-18-9-10-19-16(18)12-20(15-7-2-3-8-17(15)22)24(19)27(25,26)14-6-4-5-13(21)11-14;/h2-8,11-12,18,23H,9-10H2,1H3;1H/t18-;/m0./s1. The van der Waals surface area contributed by atoms with E-state index in [1.54, 1.807) is 31.3 Å². The van der Waals surface area contributed by atoms with Gasteiger partial charge in [-0.1, -0.05) is 18.2 Å². The van der Waals surface area contributed by atoms with Crippen LogP contribution in [-0.2, 0) is 16.4 Å². The van der Waals surface area contributed by atoms with Crippen LogP contribution < -0.4 is 5.32 Å². The van der Waals surface area contributed by atoms with Crippen molar-refractivity contribution in [3.63, 3.8) is 0 Å². The number of nitrogens with zero attached hydrogens (tertiary/aromatic N) is 1. The highest BCUT2D eigenvalue weighted by molar-refractivity contribution is 7.90. The maximum atomic E-state index is 14.5. The summed E-state index contributed by atoms with van der Waals surface area (Å²) in [5, 5.41) is 3.17. The lowest BCUT2D eigenvalue weighted by Gasteiger charge is -2.14. The van der Waals surface area contributed by atoms with Crippen molar-refractivity contribution in [1.82, 2.24) is 9.29 Å². The smallest absolute Gasteiger partial charge is 0.268 e. The molecule has 4 nitrogen and oxygen atoms in total. The van der Waals surface area contributed by atoms with Crippen LogP contribution in [0.3, 0.4) is 0 Å². The van der Waals surface area contributed by atoms with E-state index >= 15 is 0 Å². The summed E-state index contributed by atoms with van der Waals surface area (Å²) in [6.45, 7) is 0. The van der Waals surface area contributed by atoms with Gasteiger partial charge >= 0.3 is 0 Å². The lowest BCUT2D eigenvalue weighted by Crippen LogP contribution is -2.17. The highest BCUT2D eigenvalue weighted by Crippen LogP contribution is 2.40. The fourth-order valence-corrected chi connectivity index (χ4v) is 5.32. The minimum Gasteiger partial charge on any atom is -0.313 e. The number of nitrogens with one attached hydrogen (secondary N) is 1. The van der Waals surface area contributed by atoms with Crippen LogP contribution in [0, 0.1) is 11.6 Å². The van der Waals surface area contributed by atoms with Crippen LogP contribution in [0.15, 0.2) is 59.5 Å². The lowest BCUT2D eigenvalue weighted by molar-refractivity contribution is 0.578. The molecule has 1 aromatic heterocycles. The normalized spacial score (nSPS) is 15.9. The van der Waals surface area contributed by atoms with Crippen molar-refractivity contribution in [2.45, 2.75) is 23.8 Å². The predicted molar refractivity (Wildman–Crippen MR) is 106 cm³/mol. The molecule has 1 aliphatic rings. The highest BCUT2D eigenvalue weighted by Gasteiger charge is 2.33. The van der Waals surface area contributed by atoms with E-state index in [1.807, 2.05) is 0 Å². The van der Waals surface area contributed by atoms with Crippen LogP contribution in [-0.4, -0.2) is 19.4 Å². The van der Waals surface area contributed by atoms with Gasteiger partial charge in [0.25, 0.3) is 10.0 Å². The Morgan fingerprint density at radius 2 is 1.82 bits per heavy atom. The molecule has 3 aromatic rings. The molecule has 0 saturated carbocycles. The molecule has 1 atom stereocenters. The number of aromatic nitrogens is 1. The summed E-state index contributed by atoms with van der Waals surface area (Å²) >= 11 is 0. The predicted octanol–water partition coefficient (Wildman–Crippen LogP) is 4.30. The molecule has 1 N–H and O–H groups in total. The molecule has 0 radical (unpaired) electrons.